The minimum atomic E-state index is -0.0695. The molecular weight excluding hydrogens is 424 g/mol. The predicted octanol–water partition coefficient (Wildman–Crippen LogP) is 9.48. The highest BCUT2D eigenvalue weighted by Crippen LogP contribution is 2.16. The van der Waals surface area contributed by atoms with Crippen LogP contribution in [0.4, 0.5) is 0 Å². The summed E-state index contributed by atoms with van der Waals surface area (Å²) in [5.74, 6) is -0.139. The number of carbonyl (C=O) groups is 2. The zero-order valence-corrected chi connectivity index (χ0v) is 23.0. The predicted molar refractivity (Wildman–Crippen MR) is 144 cm³/mol. The lowest BCUT2D eigenvalue weighted by molar-refractivity contribution is -0.141. The van der Waals surface area contributed by atoms with Gasteiger partial charge >= 0.3 is 11.9 Å². The van der Waals surface area contributed by atoms with Gasteiger partial charge in [-0.3, -0.25) is 9.59 Å². The van der Waals surface area contributed by atoms with Gasteiger partial charge in [-0.05, 0) is 12.8 Å². The monoisotopic (exact) mass is 482 g/mol. The Morgan fingerprint density at radius 3 is 0.618 bits per heavy atom. The van der Waals surface area contributed by atoms with Crippen molar-refractivity contribution in [2.75, 3.05) is 14.2 Å². The highest BCUT2D eigenvalue weighted by atomic mass is 16.5. The van der Waals surface area contributed by atoms with Crippen molar-refractivity contribution in [1.29, 1.82) is 0 Å². The van der Waals surface area contributed by atoms with Gasteiger partial charge in [0.05, 0.1) is 14.2 Å². The maximum Gasteiger partial charge on any atom is 0.305 e. The maximum absolute atomic E-state index is 11.0. The van der Waals surface area contributed by atoms with Crippen molar-refractivity contribution in [2.45, 2.75) is 167 Å². The van der Waals surface area contributed by atoms with Crippen molar-refractivity contribution in [3.8, 4) is 0 Å². The Bertz CT molecular complexity index is 396. The Balaban J connectivity index is 3.05. The van der Waals surface area contributed by atoms with E-state index in [0.29, 0.717) is 12.8 Å². The molecule has 0 aromatic rings. The molecule has 0 aromatic carbocycles. The second-order valence-electron chi connectivity index (χ2n) is 10.1. The second-order valence-corrected chi connectivity index (χ2v) is 10.1. The van der Waals surface area contributed by atoms with Gasteiger partial charge in [-0.2, -0.15) is 0 Å². The van der Waals surface area contributed by atoms with Gasteiger partial charge in [0.2, 0.25) is 0 Å². The summed E-state index contributed by atoms with van der Waals surface area (Å²) in [5, 5.41) is 0. The average molecular weight is 483 g/mol. The molecule has 4 nitrogen and oxygen atoms in total. The van der Waals surface area contributed by atoms with Crippen molar-refractivity contribution in [3.63, 3.8) is 0 Å². The fourth-order valence-electron chi connectivity index (χ4n) is 4.63. The molecule has 0 saturated carbocycles. The molecule has 4 heteroatoms. The smallest absolute Gasteiger partial charge is 0.305 e. The van der Waals surface area contributed by atoms with Crippen LogP contribution in [0.3, 0.4) is 0 Å². The van der Waals surface area contributed by atoms with E-state index in [1.807, 2.05) is 0 Å². The van der Waals surface area contributed by atoms with Crippen LogP contribution in [0.25, 0.3) is 0 Å². The van der Waals surface area contributed by atoms with Crippen LogP contribution in [0.1, 0.15) is 167 Å². The van der Waals surface area contributed by atoms with Crippen molar-refractivity contribution < 1.29 is 19.1 Å². The van der Waals surface area contributed by atoms with E-state index in [1.165, 1.54) is 143 Å². The molecule has 0 aliphatic rings. The highest BCUT2D eigenvalue weighted by Gasteiger charge is 2.00. The highest BCUT2D eigenvalue weighted by molar-refractivity contribution is 5.69. The summed E-state index contributed by atoms with van der Waals surface area (Å²) in [6.45, 7) is 0. The minimum Gasteiger partial charge on any atom is -0.469 e. The first kappa shape index (κ1) is 32.9. The first-order valence-corrected chi connectivity index (χ1v) is 14.8. The van der Waals surface area contributed by atoms with Crippen molar-refractivity contribution in [2.24, 2.45) is 0 Å². The van der Waals surface area contributed by atoms with Gasteiger partial charge in [-0.15, -0.1) is 0 Å². The Hall–Kier alpha value is -1.06. The van der Waals surface area contributed by atoms with Gasteiger partial charge in [-0.25, -0.2) is 0 Å². The molecule has 0 fully saturated rings. The second kappa shape index (κ2) is 28.2. The van der Waals surface area contributed by atoms with E-state index in [0.717, 1.165) is 25.7 Å². The Kier molecular flexibility index (Phi) is 27.3. The van der Waals surface area contributed by atoms with Crippen molar-refractivity contribution in [3.05, 3.63) is 0 Å². The first-order valence-electron chi connectivity index (χ1n) is 14.8. The molecule has 0 unspecified atom stereocenters. The average Bonchev–Trinajstić information content (AvgIpc) is 2.85. The number of carbonyl (C=O) groups excluding carboxylic acids is 2. The third-order valence-electron chi connectivity index (χ3n) is 6.97. The SMILES string of the molecule is COC(=O)CCCCCCCCCCCCCCCCCCCCCCCCCCC(=O)OC. The molecule has 34 heavy (non-hydrogen) atoms. The molecule has 202 valence electrons. The van der Waals surface area contributed by atoms with Crippen LogP contribution in [-0.2, 0) is 19.1 Å². The third kappa shape index (κ3) is 27.2. The van der Waals surface area contributed by atoms with Gasteiger partial charge in [0.25, 0.3) is 0 Å². The zero-order valence-electron chi connectivity index (χ0n) is 23.0. The Labute approximate surface area is 212 Å². The van der Waals surface area contributed by atoms with E-state index in [4.69, 9.17) is 0 Å². The summed E-state index contributed by atoms with van der Waals surface area (Å²) in [4.78, 5) is 22.1. The van der Waals surface area contributed by atoms with E-state index in [2.05, 4.69) is 9.47 Å². The standard InChI is InChI=1S/C30H58O4/c1-33-29(31)27-25-23-21-19-17-15-13-11-9-7-5-3-4-6-8-10-12-14-16-18-20-22-24-26-28-30(32)34-2/h3-28H2,1-2H3. The Morgan fingerprint density at radius 2 is 0.471 bits per heavy atom. The van der Waals surface area contributed by atoms with E-state index in [-0.39, 0.29) is 11.9 Å². The molecule has 0 bridgehead atoms. The van der Waals surface area contributed by atoms with Gasteiger partial charge in [0, 0.05) is 12.8 Å². The fraction of sp³-hybridized carbons (Fsp3) is 0.933. The molecule has 0 aliphatic carbocycles. The lowest BCUT2D eigenvalue weighted by Crippen LogP contribution is -1.99. The quantitative estimate of drug-likeness (QED) is 0.0864. The number of methoxy groups -OCH3 is 2. The van der Waals surface area contributed by atoms with Crippen molar-refractivity contribution in [1.82, 2.24) is 0 Å². The molecule has 0 N–H and O–H groups in total. The Morgan fingerprint density at radius 1 is 0.324 bits per heavy atom. The van der Waals surface area contributed by atoms with Crippen LogP contribution >= 0.6 is 0 Å². The van der Waals surface area contributed by atoms with Gasteiger partial charge in [0.15, 0.2) is 0 Å². The zero-order chi connectivity index (χ0) is 25.0. The summed E-state index contributed by atoms with van der Waals surface area (Å²) in [5.41, 5.74) is 0. The van der Waals surface area contributed by atoms with Crippen LogP contribution < -0.4 is 0 Å². The number of unbranched alkanes of at least 4 members (excludes halogenated alkanes) is 23. The maximum atomic E-state index is 11.0. The number of esters is 2. The lowest BCUT2D eigenvalue weighted by Gasteiger charge is -2.04. The molecule has 0 amide bonds. The van der Waals surface area contributed by atoms with Crippen LogP contribution in [-0.4, -0.2) is 26.2 Å². The summed E-state index contributed by atoms with van der Waals surface area (Å²) >= 11 is 0. The number of ether oxygens (including phenoxy) is 2. The first-order chi connectivity index (χ1) is 16.7. The normalized spacial score (nSPS) is 11.0. The van der Waals surface area contributed by atoms with E-state index >= 15 is 0 Å². The largest absolute Gasteiger partial charge is 0.469 e. The van der Waals surface area contributed by atoms with E-state index in [1.54, 1.807) is 0 Å². The molecule has 0 spiro atoms. The summed E-state index contributed by atoms with van der Waals surface area (Å²) in [6.07, 6.45) is 33.1. The van der Waals surface area contributed by atoms with Crippen molar-refractivity contribution >= 4 is 11.9 Å². The molecule has 0 rings (SSSR count). The molecule has 0 aromatic heterocycles. The van der Waals surface area contributed by atoms with Crippen LogP contribution in [0.5, 0.6) is 0 Å². The van der Waals surface area contributed by atoms with Crippen LogP contribution in [0.2, 0.25) is 0 Å². The van der Waals surface area contributed by atoms with Gasteiger partial charge in [-0.1, -0.05) is 141 Å². The van der Waals surface area contributed by atoms with Crippen LogP contribution in [0, 0.1) is 0 Å². The fourth-order valence-corrected chi connectivity index (χ4v) is 4.63. The topological polar surface area (TPSA) is 52.6 Å². The third-order valence-corrected chi connectivity index (χ3v) is 6.97. The van der Waals surface area contributed by atoms with Gasteiger partial charge in [0.1, 0.15) is 0 Å². The molecule has 0 atom stereocenters. The van der Waals surface area contributed by atoms with Crippen LogP contribution in [0.15, 0.2) is 0 Å². The number of hydrogen-bond donors (Lipinski definition) is 0. The summed E-state index contributed by atoms with van der Waals surface area (Å²) < 4.78 is 9.33. The van der Waals surface area contributed by atoms with Gasteiger partial charge < -0.3 is 9.47 Å². The van der Waals surface area contributed by atoms with E-state index < -0.39 is 0 Å². The molecule has 0 aliphatic heterocycles. The number of rotatable bonds is 27. The molecule has 0 saturated heterocycles. The van der Waals surface area contributed by atoms with E-state index in [9.17, 15) is 9.59 Å². The molecule has 0 heterocycles. The molecular formula is C30H58O4. The summed E-state index contributed by atoms with van der Waals surface area (Å²) in [6, 6.07) is 0. The minimum absolute atomic E-state index is 0.0695. The molecule has 0 radical (unpaired) electrons. The lowest BCUT2D eigenvalue weighted by atomic mass is 10.0. The number of hydrogen-bond acceptors (Lipinski definition) is 4. The summed E-state index contributed by atoms with van der Waals surface area (Å²) in [7, 11) is 2.94.